The number of rotatable bonds is 6. The summed E-state index contributed by atoms with van der Waals surface area (Å²) in [4.78, 5) is 29.5. The van der Waals surface area contributed by atoms with Crippen LogP contribution < -0.4 is 14.4 Å². The largest absolute Gasteiger partial charge is 0.493 e. The van der Waals surface area contributed by atoms with Crippen molar-refractivity contribution in [3.8, 4) is 11.5 Å². The van der Waals surface area contributed by atoms with Crippen LogP contribution in [0.25, 0.3) is 6.08 Å². The van der Waals surface area contributed by atoms with Gasteiger partial charge in [-0.1, -0.05) is 22.4 Å². The lowest BCUT2D eigenvalue weighted by molar-refractivity contribution is -0.125. The maximum Gasteiger partial charge on any atom is 0.246 e. The molecule has 0 unspecified atom stereocenters. The third kappa shape index (κ3) is 5.37. The molecule has 36 heavy (non-hydrogen) atoms. The van der Waals surface area contributed by atoms with Crippen molar-refractivity contribution in [2.75, 3.05) is 58.4 Å². The molecule has 192 valence electrons. The summed E-state index contributed by atoms with van der Waals surface area (Å²) in [6, 6.07) is 4.49. The van der Waals surface area contributed by atoms with Crippen molar-refractivity contribution in [1.29, 1.82) is 0 Å². The first-order valence-corrected chi connectivity index (χ1v) is 13.6. The number of anilines is 1. The van der Waals surface area contributed by atoms with Gasteiger partial charge in [0.1, 0.15) is 0 Å². The van der Waals surface area contributed by atoms with Gasteiger partial charge in [0.25, 0.3) is 0 Å². The summed E-state index contributed by atoms with van der Waals surface area (Å²) >= 11 is 3.55. The van der Waals surface area contributed by atoms with Gasteiger partial charge in [0, 0.05) is 68.5 Å². The van der Waals surface area contributed by atoms with Gasteiger partial charge in [-0.15, -0.1) is 0 Å². The number of carbonyl (C=O) groups is 1. The molecule has 0 N–H and O–H groups in total. The maximum absolute atomic E-state index is 13.0. The van der Waals surface area contributed by atoms with Crippen LogP contribution in [0.2, 0.25) is 0 Å². The van der Waals surface area contributed by atoms with Crippen molar-refractivity contribution in [3.05, 3.63) is 45.7 Å². The van der Waals surface area contributed by atoms with Crippen molar-refractivity contribution in [2.24, 2.45) is 0 Å². The van der Waals surface area contributed by atoms with E-state index in [9.17, 15) is 4.79 Å². The topological polar surface area (TPSA) is 71.0 Å². The summed E-state index contributed by atoms with van der Waals surface area (Å²) in [5.41, 5.74) is 3.07. The second-order valence-electron chi connectivity index (χ2n) is 9.64. The number of methoxy groups -OCH3 is 2. The summed E-state index contributed by atoms with van der Waals surface area (Å²) in [6.45, 7) is 5.46. The monoisotopic (exact) mass is 555 g/mol. The molecule has 0 bridgehead atoms. The van der Waals surface area contributed by atoms with Crippen LogP contribution in [0, 0.1) is 0 Å². The highest BCUT2D eigenvalue weighted by Gasteiger charge is 2.29. The van der Waals surface area contributed by atoms with E-state index in [-0.39, 0.29) is 5.91 Å². The Morgan fingerprint density at radius 2 is 1.75 bits per heavy atom. The molecule has 0 atom stereocenters. The summed E-state index contributed by atoms with van der Waals surface area (Å²) < 4.78 is 11.6. The summed E-state index contributed by atoms with van der Waals surface area (Å²) in [5.74, 6) is 2.08. The number of carbonyl (C=O) groups excluding carboxylic acids is 1. The van der Waals surface area contributed by atoms with Crippen LogP contribution in [0.5, 0.6) is 11.5 Å². The number of ether oxygens (including phenoxy) is 2. The molecule has 2 aliphatic heterocycles. The van der Waals surface area contributed by atoms with Gasteiger partial charge in [-0.05, 0) is 48.6 Å². The highest BCUT2D eigenvalue weighted by atomic mass is 79.9. The molecular weight excluding hydrogens is 522 g/mol. The van der Waals surface area contributed by atoms with Gasteiger partial charge in [-0.2, -0.15) is 0 Å². The molecule has 1 amide bonds. The first-order chi connectivity index (χ1) is 17.6. The quantitative estimate of drug-likeness (QED) is 0.504. The Morgan fingerprint density at radius 1 is 1.03 bits per heavy atom. The Kier molecular flexibility index (Phi) is 7.76. The third-order valence-corrected chi connectivity index (χ3v) is 8.31. The fraction of sp³-hybridized carbons (Fsp3) is 0.519. The molecule has 1 aliphatic carbocycles. The smallest absolute Gasteiger partial charge is 0.246 e. The Morgan fingerprint density at radius 3 is 2.44 bits per heavy atom. The van der Waals surface area contributed by atoms with Gasteiger partial charge in [-0.25, -0.2) is 9.97 Å². The maximum atomic E-state index is 13.0. The highest BCUT2D eigenvalue weighted by molar-refractivity contribution is 9.10. The van der Waals surface area contributed by atoms with E-state index in [2.05, 4.69) is 25.7 Å². The van der Waals surface area contributed by atoms with Crippen LogP contribution in [-0.4, -0.2) is 85.2 Å². The third-order valence-electron chi connectivity index (χ3n) is 7.62. The fourth-order valence-electron chi connectivity index (χ4n) is 5.14. The normalized spacial score (nSPS) is 19.1. The number of piperazine rings is 1. The molecular formula is C27H34BrN5O3. The van der Waals surface area contributed by atoms with Crippen LogP contribution in [0.4, 0.5) is 5.95 Å². The van der Waals surface area contributed by atoms with E-state index in [1.54, 1.807) is 20.3 Å². The lowest BCUT2D eigenvalue weighted by Gasteiger charge is -2.43. The van der Waals surface area contributed by atoms with Gasteiger partial charge < -0.3 is 19.3 Å². The predicted molar refractivity (Wildman–Crippen MR) is 144 cm³/mol. The number of nitrogens with zero attached hydrogens (tertiary/aromatic N) is 5. The molecule has 1 saturated heterocycles. The van der Waals surface area contributed by atoms with Crippen LogP contribution in [-0.2, 0) is 17.6 Å². The Bertz CT molecular complexity index is 1130. The molecule has 1 saturated carbocycles. The van der Waals surface area contributed by atoms with Crippen molar-refractivity contribution < 1.29 is 14.3 Å². The number of aromatic nitrogens is 2. The molecule has 3 aliphatic rings. The van der Waals surface area contributed by atoms with E-state index < -0.39 is 0 Å². The molecule has 8 nitrogen and oxygen atoms in total. The number of hydrogen-bond acceptors (Lipinski definition) is 7. The zero-order valence-corrected chi connectivity index (χ0v) is 22.7. The minimum atomic E-state index is -0.00945. The lowest BCUT2D eigenvalue weighted by Crippen LogP contribution is -2.52. The van der Waals surface area contributed by atoms with Crippen LogP contribution >= 0.6 is 15.9 Å². The standard InChI is InChI=1S/C27H34BrN5O3/c1-35-24-16-19(22(28)17-25(24)36-2)6-7-26(34)32-10-8-20-18-29-27(30-23(20)9-11-32)33-14-12-31(13-15-33)21-4-3-5-21/h6-7,16-18,21H,3-5,8-15H2,1-2H3. The van der Waals surface area contributed by atoms with Crippen LogP contribution in [0.15, 0.2) is 28.9 Å². The summed E-state index contributed by atoms with van der Waals surface area (Å²) in [6.07, 6.45) is 11.0. The van der Waals surface area contributed by atoms with E-state index in [0.29, 0.717) is 24.6 Å². The lowest BCUT2D eigenvalue weighted by atomic mass is 9.91. The minimum Gasteiger partial charge on any atom is -0.493 e. The average Bonchev–Trinajstić information content (AvgIpc) is 3.09. The summed E-state index contributed by atoms with van der Waals surface area (Å²) in [7, 11) is 3.20. The number of fused-ring (bicyclic) bond motifs is 1. The number of hydrogen-bond donors (Lipinski definition) is 0. The molecule has 1 aromatic heterocycles. The zero-order valence-electron chi connectivity index (χ0n) is 21.1. The van der Waals surface area contributed by atoms with Crippen molar-refractivity contribution in [3.63, 3.8) is 0 Å². The Hall–Kier alpha value is -2.65. The number of halogens is 1. The molecule has 0 spiro atoms. The molecule has 2 fully saturated rings. The molecule has 2 aromatic rings. The van der Waals surface area contributed by atoms with E-state index >= 15 is 0 Å². The number of amides is 1. The summed E-state index contributed by atoms with van der Waals surface area (Å²) in [5, 5.41) is 0. The van der Waals surface area contributed by atoms with Gasteiger partial charge >= 0.3 is 0 Å². The molecule has 5 rings (SSSR count). The number of benzene rings is 1. The van der Waals surface area contributed by atoms with Crippen molar-refractivity contribution >= 4 is 33.9 Å². The van der Waals surface area contributed by atoms with Gasteiger partial charge in [-0.3, -0.25) is 9.69 Å². The van der Waals surface area contributed by atoms with Gasteiger partial charge in [0.15, 0.2) is 11.5 Å². The van der Waals surface area contributed by atoms with E-state index in [1.165, 1.54) is 19.3 Å². The van der Waals surface area contributed by atoms with Crippen molar-refractivity contribution in [2.45, 2.75) is 38.1 Å². The van der Waals surface area contributed by atoms with Crippen molar-refractivity contribution in [1.82, 2.24) is 19.8 Å². The first kappa shape index (κ1) is 25.0. The molecule has 0 radical (unpaired) electrons. The van der Waals surface area contributed by atoms with E-state index in [1.807, 2.05) is 29.3 Å². The van der Waals surface area contributed by atoms with E-state index in [4.69, 9.17) is 19.4 Å². The Balaban J connectivity index is 1.20. The van der Waals surface area contributed by atoms with Gasteiger partial charge in [0.05, 0.1) is 19.9 Å². The SMILES string of the molecule is COc1cc(Br)c(C=CC(=O)N2CCc3cnc(N4CCN(C5CCC5)CC4)nc3CC2)cc1OC. The molecule has 9 heteroatoms. The van der Waals surface area contributed by atoms with Crippen LogP contribution in [0.1, 0.15) is 36.1 Å². The first-order valence-electron chi connectivity index (χ1n) is 12.8. The second-order valence-corrected chi connectivity index (χ2v) is 10.5. The predicted octanol–water partition coefficient (Wildman–Crippen LogP) is 3.57. The Labute approximate surface area is 221 Å². The van der Waals surface area contributed by atoms with Crippen LogP contribution in [0.3, 0.4) is 0 Å². The molecule has 1 aromatic carbocycles. The van der Waals surface area contributed by atoms with Gasteiger partial charge in [0.2, 0.25) is 11.9 Å². The second kappa shape index (κ2) is 11.2. The fourth-order valence-corrected chi connectivity index (χ4v) is 5.60. The zero-order chi connectivity index (χ0) is 25.1. The average molecular weight is 557 g/mol. The molecule has 3 heterocycles. The minimum absolute atomic E-state index is 0.00945. The van der Waals surface area contributed by atoms with E-state index in [0.717, 1.165) is 72.3 Å². The highest BCUT2D eigenvalue weighted by Crippen LogP contribution is 2.34.